The summed E-state index contributed by atoms with van der Waals surface area (Å²) in [4.78, 5) is 24.6. The van der Waals surface area contributed by atoms with Crippen LogP contribution in [0.25, 0.3) is 0 Å². The molecule has 0 spiro atoms. The predicted molar refractivity (Wildman–Crippen MR) is 115 cm³/mol. The molecule has 0 aliphatic carbocycles. The van der Waals surface area contributed by atoms with Gasteiger partial charge in [-0.2, -0.15) is 5.10 Å². The van der Waals surface area contributed by atoms with Gasteiger partial charge < -0.3 is 10.1 Å². The Morgan fingerprint density at radius 1 is 1.14 bits per heavy atom. The molecule has 1 heterocycles. The topological polar surface area (TPSA) is 73.2 Å². The number of hydrogen-bond donors (Lipinski definition) is 1. The molecule has 1 aromatic heterocycles. The number of carbonyl (C=O) groups is 2. The summed E-state index contributed by atoms with van der Waals surface area (Å²) in [5, 5.41) is 7.41. The van der Waals surface area contributed by atoms with Crippen molar-refractivity contribution in [3.63, 3.8) is 0 Å². The van der Waals surface area contributed by atoms with Crippen LogP contribution in [0.1, 0.15) is 55.3 Å². The number of esters is 1. The summed E-state index contributed by atoms with van der Waals surface area (Å²) in [7, 11) is 0. The van der Waals surface area contributed by atoms with Crippen molar-refractivity contribution >= 4 is 17.6 Å². The van der Waals surface area contributed by atoms with E-state index in [4.69, 9.17) is 4.74 Å². The number of ether oxygens (including phenoxy) is 1. The Bertz CT molecular complexity index is 884. The first-order valence-corrected chi connectivity index (χ1v) is 10.2. The van der Waals surface area contributed by atoms with E-state index in [2.05, 4.69) is 24.3 Å². The van der Waals surface area contributed by atoms with E-state index in [9.17, 15) is 9.59 Å². The van der Waals surface area contributed by atoms with Crippen LogP contribution < -0.4 is 5.32 Å². The Balaban J connectivity index is 1.90. The molecule has 1 N–H and O–H groups in total. The quantitative estimate of drug-likeness (QED) is 0.673. The maximum Gasteiger partial charge on any atom is 0.306 e. The van der Waals surface area contributed by atoms with Crippen molar-refractivity contribution in [2.45, 2.75) is 74.0 Å². The lowest BCUT2D eigenvalue weighted by Gasteiger charge is -2.15. The van der Waals surface area contributed by atoms with E-state index < -0.39 is 6.10 Å². The van der Waals surface area contributed by atoms with Crippen molar-refractivity contribution in [1.29, 1.82) is 0 Å². The van der Waals surface area contributed by atoms with Crippen LogP contribution in [0, 0.1) is 33.6 Å². The molecular formula is C23H33N3O3. The molecule has 158 valence electrons. The Hall–Kier alpha value is -2.63. The van der Waals surface area contributed by atoms with Crippen molar-refractivity contribution < 1.29 is 14.3 Å². The second-order valence-electron chi connectivity index (χ2n) is 8.17. The van der Waals surface area contributed by atoms with Gasteiger partial charge in [-0.1, -0.05) is 31.5 Å². The molecule has 6 heteroatoms. The number of hydrogen-bond acceptors (Lipinski definition) is 4. The minimum absolute atomic E-state index is 0.218. The van der Waals surface area contributed by atoms with Crippen molar-refractivity contribution in [3.8, 4) is 0 Å². The summed E-state index contributed by atoms with van der Waals surface area (Å²) in [6.45, 7) is 14.7. The lowest BCUT2D eigenvalue weighted by atomic mass is 10.1. The second-order valence-corrected chi connectivity index (χ2v) is 8.17. The van der Waals surface area contributed by atoms with Gasteiger partial charge in [0.1, 0.15) is 0 Å². The molecule has 2 rings (SSSR count). The standard InChI is InChI=1S/C23H33N3O3/c1-14(2)13-26-18(6)20(17(5)25-26)9-11-22(27)29-19(7)23(28)24-21-10-8-15(3)12-16(21)4/h8,10,12,14,19H,9,11,13H2,1-7H3,(H,24,28). The maximum atomic E-state index is 12.4. The molecule has 0 saturated carbocycles. The summed E-state index contributed by atoms with van der Waals surface area (Å²) in [6.07, 6.45) is -0.0787. The average Bonchev–Trinajstić information content (AvgIpc) is 2.88. The molecule has 1 amide bonds. The Labute approximate surface area is 173 Å². The first kappa shape index (κ1) is 22.7. The maximum absolute atomic E-state index is 12.4. The van der Waals surface area contributed by atoms with Gasteiger partial charge in [-0.3, -0.25) is 14.3 Å². The summed E-state index contributed by atoms with van der Waals surface area (Å²) >= 11 is 0. The van der Waals surface area contributed by atoms with Crippen molar-refractivity contribution in [1.82, 2.24) is 9.78 Å². The highest BCUT2D eigenvalue weighted by Crippen LogP contribution is 2.18. The van der Waals surface area contributed by atoms with E-state index in [1.807, 2.05) is 50.6 Å². The fourth-order valence-electron chi connectivity index (χ4n) is 3.34. The van der Waals surface area contributed by atoms with Gasteiger partial charge >= 0.3 is 5.97 Å². The van der Waals surface area contributed by atoms with E-state index >= 15 is 0 Å². The summed E-state index contributed by atoms with van der Waals surface area (Å²) < 4.78 is 7.34. The van der Waals surface area contributed by atoms with E-state index in [-0.39, 0.29) is 18.3 Å². The number of aryl methyl sites for hydroxylation is 3. The van der Waals surface area contributed by atoms with Crippen molar-refractivity contribution in [3.05, 3.63) is 46.3 Å². The van der Waals surface area contributed by atoms with Crippen LogP contribution in [0.5, 0.6) is 0 Å². The molecular weight excluding hydrogens is 366 g/mol. The van der Waals surface area contributed by atoms with Gasteiger partial charge in [-0.25, -0.2) is 0 Å². The largest absolute Gasteiger partial charge is 0.453 e. The van der Waals surface area contributed by atoms with Crippen molar-refractivity contribution in [2.24, 2.45) is 5.92 Å². The van der Waals surface area contributed by atoms with Gasteiger partial charge in [0, 0.05) is 24.3 Å². The number of nitrogens with zero attached hydrogens (tertiary/aromatic N) is 2. The normalized spacial score (nSPS) is 12.1. The average molecular weight is 400 g/mol. The van der Waals surface area contributed by atoms with Gasteiger partial charge in [0.05, 0.1) is 5.69 Å². The molecule has 0 bridgehead atoms. The van der Waals surface area contributed by atoms with Crippen LogP contribution in [0.15, 0.2) is 18.2 Å². The fourth-order valence-corrected chi connectivity index (χ4v) is 3.34. The van der Waals surface area contributed by atoms with Crippen molar-refractivity contribution in [2.75, 3.05) is 5.32 Å². The highest BCUT2D eigenvalue weighted by molar-refractivity contribution is 5.95. The Morgan fingerprint density at radius 3 is 2.45 bits per heavy atom. The molecule has 0 saturated heterocycles. The molecule has 6 nitrogen and oxygen atoms in total. The van der Waals surface area contributed by atoms with Gasteiger partial charge in [-0.05, 0) is 64.2 Å². The zero-order valence-electron chi connectivity index (χ0n) is 18.6. The van der Waals surface area contributed by atoms with E-state index in [0.29, 0.717) is 12.3 Å². The number of rotatable bonds is 8. The Kier molecular flexibility index (Phi) is 7.59. The van der Waals surface area contributed by atoms with E-state index in [1.54, 1.807) is 6.92 Å². The number of anilines is 1. The minimum atomic E-state index is -0.853. The van der Waals surface area contributed by atoms with Crippen LogP contribution in [0.2, 0.25) is 0 Å². The van der Waals surface area contributed by atoms with Crippen LogP contribution in [-0.2, 0) is 27.3 Å². The number of carbonyl (C=O) groups excluding carboxylic acids is 2. The van der Waals surface area contributed by atoms with Gasteiger partial charge in [0.2, 0.25) is 0 Å². The predicted octanol–water partition coefficient (Wildman–Crippen LogP) is 4.28. The summed E-state index contributed by atoms with van der Waals surface area (Å²) in [6, 6.07) is 5.79. The zero-order chi connectivity index (χ0) is 21.7. The fraction of sp³-hybridized carbons (Fsp3) is 0.522. The summed E-state index contributed by atoms with van der Waals surface area (Å²) in [5.74, 6) is -0.214. The molecule has 0 aliphatic rings. The number of nitrogens with one attached hydrogen (secondary N) is 1. The van der Waals surface area contributed by atoms with Crippen LogP contribution >= 0.6 is 0 Å². The summed E-state index contributed by atoms with van der Waals surface area (Å²) in [5.41, 5.74) is 5.94. The third kappa shape index (κ3) is 6.17. The molecule has 0 aliphatic heterocycles. The monoisotopic (exact) mass is 399 g/mol. The van der Waals surface area contributed by atoms with Gasteiger partial charge in [0.25, 0.3) is 5.91 Å². The third-order valence-electron chi connectivity index (χ3n) is 4.97. The van der Waals surface area contributed by atoms with Gasteiger partial charge in [0.15, 0.2) is 6.10 Å². The smallest absolute Gasteiger partial charge is 0.306 e. The molecule has 2 aromatic rings. The third-order valence-corrected chi connectivity index (χ3v) is 4.97. The molecule has 1 aromatic carbocycles. The lowest BCUT2D eigenvalue weighted by Crippen LogP contribution is -2.30. The number of benzene rings is 1. The minimum Gasteiger partial charge on any atom is -0.453 e. The number of amides is 1. The number of aromatic nitrogens is 2. The lowest BCUT2D eigenvalue weighted by molar-refractivity contribution is -0.153. The molecule has 0 fully saturated rings. The molecule has 0 radical (unpaired) electrons. The SMILES string of the molecule is Cc1ccc(NC(=O)C(C)OC(=O)CCc2c(C)nn(CC(C)C)c2C)c(C)c1. The van der Waals surface area contributed by atoms with Gasteiger partial charge in [-0.15, -0.1) is 0 Å². The van der Waals surface area contributed by atoms with Crippen LogP contribution in [-0.4, -0.2) is 27.8 Å². The molecule has 1 atom stereocenters. The first-order chi connectivity index (χ1) is 13.6. The molecule has 1 unspecified atom stereocenters. The molecule has 29 heavy (non-hydrogen) atoms. The first-order valence-electron chi connectivity index (χ1n) is 10.2. The Morgan fingerprint density at radius 2 is 1.83 bits per heavy atom. The highest BCUT2D eigenvalue weighted by atomic mass is 16.5. The van der Waals surface area contributed by atoms with E-state index in [0.717, 1.165) is 40.3 Å². The highest BCUT2D eigenvalue weighted by Gasteiger charge is 2.20. The van der Waals surface area contributed by atoms with E-state index in [1.165, 1.54) is 0 Å². The second kappa shape index (κ2) is 9.72. The van der Waals surface area contributed by atoms with Crippen LogP contribution in [0.4, 0.5) is 5.69 Å². The zero-order valence-corrected chi connectivity index (χ0v) is 18.6. The van der Waals surface area contributed by atoms with Crippen LogP contribution in [0.3, 0.4) is 0 Å².